The van der Waals surface area contributed by atoms with E-state index < -0.39 is 24.0 Å². The van der Waals surface area contributed by atoms with E-state index in [9.17, 15) is 14.7 Å². The van der Waals surface area contributed by atoms with Gasteiger partial charge < -0.3 is 20.8 Å². The van der Waals surface area contributed by atoms with Crippen molar-refractivity contribution in [2.45, 2.75) is 18.9 Å². The highest BCUT2D eigenvalue weighted by Gasteiger charge is 2.24. The topological polar surface area (TPSA) is 98.7 Å². The number of anilines is 1. The van der Waals surface area contributed by atoms with E-state index in [-0.39, 0.29) is 6.54 Å². The summed E-state index contributed by atoms with van der Waals surface area (Å²) >= 11 is 2.15. The third kappa shape index (κ3) is 6.39. The summed E-state index contributed by atoms with van der Waals surface area (Å²) in [7, 11) is 0. The largest absolute Gasteiger partial charge is 0.481 e. The van der Waals surface area contributed by atoms with Gasteiger partial charge in [0.25, 0.3) is 0 Å². The molecule has 1 aromatic rings. The molecule has 0 saturated carbocycles. The minimum Gasteiger partial charge on any atom is -0.481 e. The molecule has 7 heteroatoms. The maximum absolute atomic E-state index is 11.5. The summed E-state index contributed by atoms with van der Waals surface area (Å²) < 4.78 is 1.05. The van der Waals surface area contributed by atoms with Crippen LogP contribution in [0.5, 0.6) is 0 Å². The Kier molecular flexibility index (Phi) is 5.55. The van der Waals surface area contributed by atoms with Crippen LogP contribution in [-0.4, -0.2) is 34.4 Å². The number of carbonyl (C=O) groups is 2. The van der Waals surface area contributed by atoms with Gasteiger partial charge in [-0.05, 0) is 53.8 Å². The van der Waals surface area contributed by atoms with Gasteiger partial charge in [-0.3, -0.25) is 4.79 Å². The van der Waals surface area contributed by atoms with E-state index >= 15 is 0 Å². The molecule has 4 N–H and O–H groups in total. The summed E-state index contributed by atoms with van der Waals surface area (Å²) in [5.41, 5.74) is -0.856. The first-order chi connectivity index (χ1) is 8.78. The molecule has 0 aliphatic carbocycles. The Morgan fingerprint density at radius 2 is 1.89 bits per heavy atom. The quantitative estimate of drug-likeness (QED) is 0.586. The van der Waals surface area contributed by atoms with Crippen molar-refractivity contribution in [2.75, 3.05) is 11.9 Å². The van der Waals surface area contributed by atoms with Crippen molar-refractivity contribution in [3.8, 4) is 0 Å². The van der Waals surface area contributed by atoms with Crippen molar-refractivity contribution in [2.24, 2.45) is 0 Å². The van der Waals surface area contributed by atoms with Crippen LogP contribution >= 0.6 is 22.6 Å². The van der Waals surface area contributed by atoms with Crippen LogP contribution in [0.4, 0.5) is 10.5 Å². The zero-order valence-corrected chi connectivity index (χ0v) is 12.5. The summed E-state index contributed by atoms with van der Waals surface area (Å²) in [6.45, 7) is 1.21. The first kappa shape index (κ1) is 15.7. The van der Waals surface area contributed by atoms with Crippen LogP contribution in [0, 0.1) is 3.57 Å². The highest BCUT2D eigenvalue weighted by molar-refractivity contribution is 14.1. The zero-order chi connectivity index (χ0) is 14.5. The number of rotatable bonds is 5. The van der Waals surface area contributed by atoms with Crippen molar-refractivity contribution in [3.63, 3.8) is 0 Å². The Labute approximate surface area is 124 Å². The molecular weight excluding hydrogens is 363 g/mol. The third-order valence-corrected chi connectivity index (χ3v) is 2.98. The van der Waals surface area contributed by atoms with Crippen molar-refractivity contribution in [3.05, 3.63) is 27.8 Å². The van der Waals surface area contributed by atoms with Gasteiger partial charge in [0.15, 0.2) is 0 Å². The predicted octanol–water partition coefficient (Wildman–Crippen LogP) is 1.64. The molecule has 2 amide bonds. The van der Waals surface area contributed by atoms with E-state index in [1.54, 1.807) is 12.1 Å². The molecule has 0 aliphatic rings. The Morgan fingerprint density at radius 1 is 1.32 bits per heavy atom. The molecule has 0 bridgehead atoms. The number of urea groups is 1. The van der Waals surface area contributed by atoms with Crippen LogP contribution in [0.2, 0.25) is 0 Å². The maximum Gasteiger partial charge on any atom is 0.319 e. The molecule has 104 valence electrons. The van der Waals surface area contributed by atoms with Crippen LogP contribution < -0.4 is 10.6 Å². The lowest BCUT2D eigenvalue weighted by Gasteiger charge is -2.21. The molecule has 0 spiro atoms. The van der Waals surface area contributed by atoms with Gasteiger partial charge >= 0.3 is 12.0 Å². The van der Waals surface area contributed by atoms with Crippen LogP contribution in [0.25, 0.3) is 0 Å². The highest BCUT2D eigenvalue weighted by Crippen LogP contribution is 2.11. The predicted molar refractivity (Wildman–Crippen MR) is 79.1 cm³/mol. The number of carboxylic acids is 1. The van der Waals surface area contributed by atoms with E-state index in [0.29, 0.717) is 5.69 Å². The van der Waals surface area contributed by atoms with Gasteiger partial charge in [0.05, 0.1) is 12.0 Å². The van der Waals surface area contributed by atoms with Crippen LogP contribution in [0.3, 0.4) is 0 Å². The number of carboxylic acid groups (broad SMARTS) is 1. The number of nitrogens with one attached hydrogen (secondary N) is 2. The maximum atomic E-state index is 11.5. The number of aliphatic carboxylic acids is 1. The number of carbonyl (C=O) groups excluding carboxylic acids is 1. The Bertz CT molecular complexity index is 459. The summed E-state index contributed by atoms with van der Waals surface area (Å²) in [5, 5.41) is 23.3. The molecule has 19 heavy (non-hydrogen) atoms. The Morgan fingerprint density at radius 3 is 2.42 bits per heavy atom. The summed E-state index contributed by atoms with van der Waals surface area (Å²) in [6.07, 6.45) is -0.434. The van der Waals surface area contributed by atoms with Gasteiger partial charge in [0.2, 0.25) is 0 Å². The first-order valence-corrected chi connectivity index (χ1v) is 6.61. The average Bonchev–Trinajstić information content (AvgIpc) is 2.28. The van der Waals surface area contributed by atoms with Crippen molar-refractivity contribution in [1.82, 2.24) is 5.32 Å². The third-order valence-electron chi connectivity index (χ3n) is 2.26. The number of halogens is 1. The molecule has 1 unspecified atom stereocenters. The van der Waals surface area contributed by atoms with Gasteiger partial charge in [0.1, 0.15) is 0 Å². The standard InChI is InChI=1S/C12H15IN2O4/c1-12(19,6-10(16)17)7-14-11(18)15-9-4-2-8(13)3-5-9/h2-5,19H,6-7H2,1H3,(H,16,17)(H2,14,15,18). The van der Waals surface area contributed by atoms with Gasteiger partial charge in [0, 0.05) is 15.8 Å². The number of hydrogen-bond acceptors (Lipinski definition) is 3. The molecule has 0 heterocycles. The molecular formula is C12H15IN2O4. The van der Waals surface area contributed by atoms with Crippen LogP contribution in [0.15, 0.2) is 24.3 Å². The number of amides is 2. The SMILES string of the molecule is CC(O)(CNC(=O)Nc1ccc(I)cc1)CC(=O)O. The number of aliphatic hydroxyl groups is 1. The molecule has 0 aliphatic heterocycles. The fraction of sp³-hybridized carbons (Fsp3) is 0.333. The smallest absolute Gasteiger partial charge is 0.319 e. The van der Waals surface area contributed by atoms with Gasteiger partial charge in [-0.15, -0.1) is 0 Å². The first-order valence-electron chi connectivity index (χ1n) is 5.53. The molecule has 0 radical (unpaired) electrons. The molecule has 1 rings (SSSR count). The van der Waals surface area contributed by atoms with Crippen molar-refractivity contribution < 1.29 is 19.8 Å². The number of benzene rings is 1. The van der Waals surface area contributed by atoms with E-state index in [2.05, 4.69) is 33.2 Å². The van der Waals surface area contributed by atoms with Gasteiger partial charge in [-0.25, -0.2) is 4.79 Å². The normalized spacial score (nSPS) is 13.4. The fourth-order valence-electron chi connectivity index (χ4n) is 1.37. The summed E-state index contributed by atoms with van der Waals surface area (Å²) in [4.78, 5) is 22.0. The van der Waals surface area contributed by atoms with E-state index in [1.807, 2.05) is 12.1 Å². The fourth-order valence-corrected chi connectivity index (χ4v) is 1.73. The Hall–Kier alpha value is -1.35. The minimum absolute atomic E-state index is 0.143. The second-order valence-electron chi connectivity index (χ2n) is 4.38. The van der Waals surface area contributed by atoms with Gasteiger partial charge in [-0.1, -0.05) is 0 Å². The molecule has 6 nitrogen and oxygen atoms in total. The molecule has 0 aromatic heterocycles. The highest BCUT2D eigenvalue weighted by atomic mass is 127. The lowest BCUT2D eigenvalue weighted by molar-refractivity contribution is -0.141. The van der Waals surface area contributed by atoms with E-state index in [1.165, 1.54) is 6.92 Å². The molecule has 0 fully saturated rings. The van der Waals surface area contributed by atoms with E-state index in [4.69, 9.17) is 5.11 Å². The zero-order valence-electron chi connectivity index (χ0n) is 10.3. The lowest BCUT2D eigenvalue weighted by atomic mass is 10.0. The van der Waals surface area contributed by atoms with E-state index in [0.717, 1.165) is 3.57 Å². The van der Waals surface area contributed by atoms with Crippen LogP contribution in [0.1, 0.15) is 13.3 Å². The average molecular weight is 378 g/mol. The second-order valence-corrected chi connectivity index (χ2v) is 5.63. The lowest BCUT2D eigenvalue weighted by Crippen LogP contribution is -2.43. The minimum atomic E-state index is -1.48. The second kappa shape index (κ2) is 6.71. The molecule has 1 atom stereocenters. The molecule has 0 saturated heterocycles. The number of hydrogen-bond donors (Lipinski definition) is 4. The Balaban J connectivity index is 2.43. The van der Waals surface area contributed by atoms with Gasteiger partial charge in [-0.2, -0.15) is 0 Å². The van der Waals surface area contributed by atoms with Crippen molar-refractivity contribution >= 4 is 40.3 Å². The van der Waals surface area contributed by atoms with Crippen LogP contribution in [-0.2, 0) is 4.79 Å². The molecule has 1 aromatic carbocycles. The summed E-state index contributed by atoms with van der Waals surface area (Å²) in [5.74, 6) is -1.12. The summed E-state index contributed by atoms with van der Waals surface area (Å²) in [6, 6.07) is 6.69. The van der Waals surface area contributed by atoms with Crippen molar-refractivity contribution in [1.29, 1.82) is 0 Å². The monoisotopic (exact) mass is 378 g/mol.